The fraction of sp³-hybridized carbons (Fsp3) is 0.143. The molecule has 0 unspecified atom stereocenters. The zero-order valence-electron chi connectivity index (χ0n) is 6.64. The quantitative estimate of drug-likeness (QED) is 0.536. The minimum Gasteiger partial charge on any atom is -0.305 e. The van der Waals surface area contributed by atoms with Crippen molar-refractivity contribution in [2.75, 3.05) is 11.9 Å². The van der Waals surface area contributed by atoms with E-state index in [1.807, 2.05) is 0 Å². The average Bonchev–Trinajstić information content (AvgIpc) is 2.04. The standard InChI is InChI=1S/C7H7N3O3/c11-7(5-10(12)13)9-6-3-1-2-4-8-6/h1-4H,5H2,(H,8,9,11). The van der Waals surface area contributed by atoms with Gasteiger partial charge in [0.05, 0.1) is 0 Å². The lowest BCUT2D eigenvalue weighted by Gasteiger charge is -1.98. The second-order valence-corrected chi connectivity index (χ2v) is 2.25. The summed E-state index contributed by atoms with van der Waals surface area (Å²) in [7, 11) is 0. The number of rotatable bonds is 3. The van der Waals surface area contributed by atoms with Crippen molar-refractivity contribution in [2.24, 2.45) is 0 Å². The van der Waals surface area contributed by atoms with Crippen molar-refractivity contribution in [1.29, 1.82) is 0 Å². The van der Waals surface area contributed by atoms with Gasteiger partial charge in [-0.3, -0.25) is 14.9 Å². The number of hydrogen-bond acceptors (Lipinski definition) is 4. The summed E-state index contributed by atoms with van der Waals surface area (Å²) >= 11 is 0. The Labute approximate surface area is 73.7 Å². The maximum atomic E-state index is 10.8. The summed E-state index contributed by atoms with van der Waals surface area (Å²) in [5.74, 6) is -0.363. The Bertz CT molecular complexity index is 312. The molecule has 0 radical (unpaired) electrons. The Balaban J connectivity index is 2.50. The van der Waals surface area contributed by atoms with Crippen LogP contribution in [0.2, 0.25) is 0 Å². The van der Waals surface area contributed by atoms with Gasteiger partial charge in [0, 0.05) is 11.1 Å². The third-order valence-electron chi connectivity index (χ3n) is 1.21. The van der Waals surface area contributed by atoms with Crippen LogP contribution in [0.25, 0.3) is 0 Å². The molecule has 0 saturated heterocycles. The molecule has 0 aliphatic rings. The van der Waals surface area contributed by atoms with Crippen molar-refractivity contribution in [3.8, 4) is 0 Å². The molecule has 1 rings (SSSR count). The van der Waals surface area contributed by atoms with Gasteiger partial charge < -0.3 is 5.32 Å². The summed E-state index contributed by atoms with van der Waals surface area (Å²) in [6, 6.07) is 4.91. The molecular weight excluding hydrogens is 174 g/mol. The summed E-state index contributed by atoms with van der Waals surface area (Å²) in [4.78, 5) is 23.8. The maximum Gasteiger partial charge on any atom is 0.297 e. The molecule has 0 bridgehead atoms. The number of carbonyl (C=O) groups is 1. The first-order valence-electron chi connectivity index (χ1n) is 3.51. The van der Waals surface area contributed by atoms with Crippen LogP contribution >= 0.6 is 0 Å². The van der Waals surface area contributed by atoms with Crippen LogP contribution in [0.3, 0.4) is 0 Å². The highest BCUT2D eigenvalue weighted by molar-refractivity contribution is 5.90. The van der Waals surface area contributed by atoms with Crippen LogP contribution in [-0.2, 0) is 4.79 Å². The van der Waals surface area contributed by atoms with Gasteiger partial charge in [-0.05, 0) is 12.1 Å². The number of nitrogens with zero attached hydrogens (tertiary/aromatic N) is 2. The molecule has 0 aromatic carbocycles. The van der Waals surface area contributed by atoms with Crippen LogP contribution in [0.4, 0.5) is 5.82 Å². The lowest BCUT2D eigenvalue weighted by Crippen LogP contribution is -2.21. The molecule has 13 heavy (non-hydrogen) atoms. The van der Waals surface area contributed by atoms with E-state index in [9.17, 15) is 14.9 Å². The molecular formula is C7H7N3O3. The first kappa shape index (κ1) is 9.11. The van der Waals surface area contributed by atoms with Crippen molar-refractivity contribution in [2.45, 2.75) is 0 Å². The molecule has 0 fully saturated rings. The molecule has 0 aliphatic heterocycles. The number of hydrogen-bond donors (Lipinski definition) is 1. The van der Waals surface area contributed by atoms with Gasteiger partial charge in [0.2, 0.25) is 0 Å². The first-order chi connectivity index (χ1) is 6.18. The largest absolute Gasteiger partial charge is 0.305 e. The van der Waals surface area contributed by atoms with E-state index in [1.54, 1.807) is 18.2 Å². The van der Waals surface area contributed by atoms with Crippen molar-refractivity contribution in [3.05, 3.63) is 34.5 Å². The first-order valence-corrected chi connectivity index (χ1v) is 3.51. The molecule has 1 aromatic rings. The zero-order valence-corrected chi connectivity index (χ0v) is 6.64. The van der Waals surface area contributed by atoms with Crippen LogP contribution in [-0.4, -0.2) is 22.4 Å². The predicted octanol–water partition coefficient (Wildman–Crippen LogP) is 0.297. The Morgan fingerprint density at radius 1 is 1.62 bits per heavy atom. The van der Waals surface area contributed by atoms with E-state index in [0.29, 0.717) is 5.82 Å². The third-order valence-corrected chi connectivity index (χ3v) is 1.21. The summed E-state index contributed by atoms with van der Waals surface area (Å²) in [6.07, 6.45) is 1.49. The Hall–Kier alpha value is -1.98. The summed E-state index contributed by atoms with van der Waals surface area (Å²) in [5, 5.41) is 12.2. The second-order valence-electron chi connectivity index (χ2n) is 2.25. The molecule has 0 aliphatic carbocycles. The van der Waals surface area contributed by atoms with Crippen LogP contribution in [0.5, 0.6) is 0 Å². The Morgan fingerprint density at radius 2 is 2.38 bits per heavy atom. The van der Waals surface area contributed by atoms with E-state index < -0.39 is 17.4 Å². The monoisotopic (exact) mass is 181 g/mol. The van der Waals surface area contributed by atoms with E-state index in [1.165, 1.54) is 6.20 Å². The fourth-order valence-electron chi connectivity index (χ4n) is 0.736. The van der Waals surface area contributed by atoms with Gasteiger partial charge in [-0.15, -0.1) is 0 Å². The highest BCUT2D eigenvalue weighted by Crippen LogP contribution is 1.98. The second kappa shape index (κ2) is 4.15. The van der Waals surface area contributed by atoms with Crippen LogP contribution in [0, 0.1) is 10.1 Å². The molecule has 0 saturated carbocycles. The number of pyridine rings is 1. The smallest absolute Gasteiger partial charge is 0.297 e. The molecule has 1 heterocycles. The van der Waals surface area contributed by atoms with Crippen molar-refractivity contribution in [1.82, 2.24) is 4.98 Å². The fourth-order valence-corrected chi connectivity index (χ4v) is 0.736. The van der Waals surface area contributed by atoms with Gasteiger partial charge in [0.1, 0.15) is 5.82 Å². The lowest BCUT2D eigenvalue weighted by atomic mass is 10.4. The van der Waals surface area contributed by atoms with E-state index in [-0.39, 0.29) is 0 Å². The molecule has 68 valence electrons. The normalized spacial score (nSPS) is 9.23. The summed E-state index contributed by atoms with van der Waals surface area (Å²) in [5.41, 5.74) is 0. The van der Waals surface area contributed by atoms with Gasteiger partial charge in [0.25, 0.3) is 12.5 Å². The van der Waals surface area contributed by atoms with Gasteiger partial charge >= 0.3 is 0 Å². The number of amides is 1. The molecule has 1 N–H and O–H groups in total. The zero-order chi connectivity index (χ0) is 9.68. The Morgan fingerprint density at radius 3 is 2.92 bits per heavy atom. The van der Waals surface area contributed by atoms with E-state index in [2.05, 4.69) is 10.3 Å². The Kier molecular flexibility index (Phi) is 2.91. The molecule has 1 amide bonds. The number of carbonyl (C=O) groups excluding carboxylic acids is 1. The molecule has 6 heteroatoms. The molecule has 0 spiro atoms. The lowest BCUT2D eigenvalue weighted by molar-refractivity contribution is -0.467. The van der Waals surface area contributed by atoms with Gasteiger partial charge in [-0.25, -0.2) is 4.98 Å². The highest BCUT2D eigenvalue weighted by Gasteiger charge is 2.08. The average molecular weight is 181 g/mol. The number of nitro groups is 1. The molecule has 0 atom stereocenters. The van der Waals surface area contributed by atoms with Crippen LogP contribution in [0.1, 0.15) is 0 Å². The number of anilines is 1. The van der Waals surface area contributed by atoms with Crippen LogP contribution < -0.4 is 5.32 Å². The number of nitrogens with one attached hydrogen (secondary N) is 1. The third kappa shape index (κ3) is 3.28. The topological polar surface area (TPSA) is 85.1 Å². The maximum absolute atomic E-state index is 10.8. The van der Waals surface area contributed by atoms with Gasteiger partial charge in [-0.2, -0.15) is 0 Å². The summed E-state index contributed by atoms with van der Waals surface area (Å²) in [6.45, 7) is -0.740. The van der Waals surface area contributed by atoms with Gasteiger partial charge in [0.15, 0.2) is 0 Å². The predicted molar refractivity (Wildman–Crippen MR) is 44.7 cm³/mol. The van der Waals surface area contributed by atoms with E-state index >= 15 is 0 Å². The van der Waals surface area contributed by atoms with Crippen molar-refractivity contribution in [3.63, 3.8) is 0 Å². The highest BCUT2D eigenvalue weighted by atomic mass is 16.6. The molecule has 6 nitrogen and oxygen atoms in total. The number of aromatic nitrogens is 1. The molecule has 1 aromatic heterocycles. The van der Waals surface area contributed by atoms with Crippen LogP contribution in [0.15, 0.2) is 24.4 Å². The summed E-state index contributed by atoms with van der Waals surface area (Å²) < 4.78 is 0. The van der Waals surface area contributed by atoms with E-state index in [4.69, 9.17) is 0 Å². The van der Waals surface area contributed by atoms with Crippen molar-refractivity contribution < 1.29 is 9.72 Å². The van der Waals surface area contributed by atoms with Gasteiger partial charge in [-0.1, -0.05) is 6.07 Å². The minimum absolute atomic E-state index is 0.314. The SMILES string of the molecule is O=C(C[N+](=O)[O-])Nc1ccccn1. The van der Waals surface area contributed by atoms with E-state index in [0.717, 1.165) is 0 Å². The minimum atomic E-state index is -0.740. The van der Waals surface area contributed by atoms with Crippen molar-refractivity contribution >= 4 is 11.7 Å².